The van der Waals surface area contributed by atoms with Gasteiger partial charge in [0.15, 0.2) is 0 Å². The van der Waals surface area contributed by atoms with Gasteiger partial charge in [-0.15, -0.1) is 0 Å². The fraction of sp³-hybridized carbons (Fsp3) is 0. The molecule has 0 unspecified atom stereocenters. The lowest BCUT2D eigenvalue weighted by Crippen LogP contribution is -1.30. The first-order valence-corrected chi connectivity index (χ1v) is 8.49. The second-order valence-electron chi connectivity index (χ2n) is 0.577. The third-order valence-electron chi connectivity index (χ3n) is 0. The Hall–Kier alpha value is 1.86. The van der Waals surface area contributed by atoms with Crippen molar-refractivity contribution < 1.29 is 0 Å². The monoisotopic (exact) mass is 462 g/mol. The Kier molecular flexibility index (Phi) is 199. The van der Waals surface area contributed by atoms with Gasteiger partial charge in [0.1, 0.15) is 0 Å². The first-order valence-electron chi connectivity index (χ1n) is 2.83. The van der Waals surface area contributed by atoms with E-state index in [4.69, 9.17) is 0 Å². The highest BCUT2D eigenvalue weighted by atomic mass is 32.2. The van der Waals surface area contributed by atoms with Crippen LogP contribution in [0.4, 0.5) is 0 Å². The molecular weight excluding hydrogens is 457 g/mol. The molecule has 18 heavy (non-hydrogen) atoms. The van der Waals surface area contributed by atoms with Gasteiger partial charge in [-0.2, -0.15) is 28.2 Å². The van der Waals surface area contributed by atoms with E-state index in [-0.39, 0.29) is 0 Å². The summed E-state index contributed by atoms with van der Waals surface area (Å²) in [5.41, 5.74) is 0. The van der Waals surface area contributed by atoms with Crippen molar-refractivity contribution in [2.24, 2.45) is 0 Å². The molecular formula is C6H6S12-6. The molecule has 12 heteroatoms. The van der Waals surface area contributed by atoms with Crippen molar-refractivity contribution in [3.8, 4) is 0 Å². The molecule has 0 aromatic carbocycles. The molecule has 0 aliphatic heterocycles. The molecule has 0 aliphatic rings. The molecule has 0 amide bonds. The normalized spacial score (nSPS) is 4.00. The van der Waals surface area contributed by atoms with Crippen LogP contribution in [-0.2, 0) is 75.8 Å². The van der Waals surface area contributed by atoms with Gasteiger partial charge in [0.25, 0.3) is 0 Å². The average Bonchev–Trinajstić information content (AvgIpc) is 2.23. The van der Waals surface area contributed by atoms with Crippen molar-refractivity contribution in [2.45, 2.75) is 0 Å². The first kappa shape index (κ1) is 36.8. The van der Waals surface area contributed by atoms with Gasteiger partial charge in [-0.25, -0.2) is 0 Å². The third-order valence-corrected chi connectivity index (χ3v) is 0. The van der Waals surface area contributed by atoms with Crippen molar-refractivity contribution in [3.05, 3.63) is 0 Å². The predicted octanol–water partition coefficient (Wildman–Crippen LogP) is 2.94. The summed E-state index contributed by atoms with van der Waals surface area (Å²) in [5, 5.41) is 0. The minimum absolute atomic E-state index is 1.17. The van der Waals surface area contributed by atoms with Gasteiger partial charge in [-0.05, 0) is 0 Å². The van der Waals surface area contributed by atoms with Crippen molar-refractivity contribution in [1.82, 2.24) is 0 Å². The summed E-state index contributed by atoms with van der Waals surface area (Å²) in [6, 6.07) is 0. The van der Waals surface area contributed by atoms with E-state index >= 15 is 0 Å². The standard InChI is InChI=1S/6CH2S2/c6*2-1-3/h6*1H,(H,2,3)/p-6. The summed E-state index contributed by atoms with van der Waals surface area (Å²) in [7, 11) is 0. The van der Waals surface area contributed by atoms with Crippen molar-refractivity contribution >= 4 is 177 Å². The van der Waals surface area contributed by atoms with E-state index in [1.54, 1.807) is 0 Å². The van der Waals surface area contributed by atoms with Crippen molar-refractivity contribution in [2.75, 3.05) is 0 Å². The number of hydrogen-bond acceptors (Lipinski definition) is 12. The zero-order valence-corrected chi connectivity index (χ0v) is 18.2. The fourth-order valence-electron chi connectivity index (χ4n) is 0. The Balaban J connectivity index is -0.0000000240. The third kappa shape index (κ3) is 1470. The fourth-order valence-corrected chi connectivity index (χ4v) is 0. The maximum absolute atomic E-state index is 4.08. The molecule has 0 heterocycles. The molecule has 0 nitrogen and oxygen atoms in total. The van der Waals surface area contributed by atoms with Crippen molar-refractivity contribution in [1.29, 1.82) is 0 Å². The van der Waals surface area contributed by atoms with Crippen LogP contribution in [0.2, 0.25) is 0 Å². The summed E-state index contributed by atoms with van der Waals surface area (Å²) >= 11 is 49.0. The number of rotatable bonds is 0. The summed E-state index contributed by atoms with van der Waals surface area (Å²) < 4.78 is 7.00. The maximum Gasteiger partial charge on any atom is -0.167 e. The van der Waals surface area contributed by atoms with Crippen molar-refractivity contribution in [3.63, 3.8) is 0 Å². The van der Waals surface area contributed by atoms with Gasteiger partial charge < -0.3 is 149 Å². The van der Waals surface area contributed by atoms with E-state index in [2.05, 4.69) is 149 Å². The summed E-state index contributed by atoms with van der Waals surface area (Å²) in [6.45, 7) is 0. The van der Waals surface area contributed by atoms with Crippen LogP contribution in [0.1, 0.15) is 0 Å². The number of hydrogen-bond donors (Lipinski definition) is 0. The minimum atomic E-state index is 1.17. The Labute approximate surface area is 175 Å². The lowest BCUT2D eigenvalue weighted by Gasteiger charge is -1.53. The lowest BCUT2D eigenvalue weighted by atomic mass is 11.9. The largest absolute Gasteiger partial charge is 0.436 e. The summed E-state index contributed by atoms with van der Waals surface area (Å²) in [5.74, 6) is 0. The van der Waals surface area contributed by atoms with E-state index in [9.17, 15) is 0 Å². The van der Waals surface area contributed by atoms with Gasteiger partial charge >= 0.3 is 0 Å². The van der Waals surface area contributed by atoms with Crippen LogP contribution in [0.3, 0.4) is 0 Å². The van der Waals surface area contributed by atoms with Crippen LogP contribution < -0.4 is 0 Å². The topological polar surface area (TPSA) is 0 Å². The Morgan fingerprint density at radius 1 is 0.333 bits per heavy atom. The van der Waals surface area contributed by atoms with Crippen LogP contribution in [-0.4, -0.2) is 28.2 Å². The van der Waals surface area contributed by atoms with Gasteiger partial charge in [0.2, 0.25) is 0 Å². The van der Waals surface area contributed by atoms with Gasteiger partial charge in [-0.1, -0.05) is 0 Å². The molecule has 0 N–H and O–H groups in total. The Morgan fingerprint density at radius 2 is 0.333 bits per heavy atom. The highest BCUT2D eigenvalue weighted by Crippen LogP contribution is 1.30. The molecule has 0 fully saturated rings. The van der Waals surface area contributed by atoms with E-state index in [0.29, 0.717) is 0 Å². The quantitative estimate of drug-likeness (QED) is 0.384. The van der Waals surface area contributed by atoms with Gasteiger partial charge in [0.05, 0.1) is 0 Å². The van der Waals surface area contributed by atoms with Crippen LogP contribution in [0.25, 0.3) is 0 Å². The minimum Gasteiger partial charge on any atom is -0.436 e. The molecule has 0 aromatic rings. The van der Waals surface area contributed by atoms with E-state index in [0.717, 1.165) is 0 Å². The molecule has 0 radical (unpaired) electrons. The first-order chi connectivity index (χ1) is 8.49. The van der Waals surface area contributed by atoms with E-state index in [1.807, 2.05) is 0 Å². The molecule has 108 valence electrons. The lowest BCUT2D eigenvalue weighted by molar-refractivity contribution is 4.50. The summed E-state index contributed by atoms with van der Waals surface area (Å²) in [6.07, 6.45) is 0. The second-order valence-corrected chi connectivity index (χ2v) is 5.20. The molecule has 0 spiro atoms. The summed E-state index contributed by atoms with van der Waals surface area (Å²) in [4.78, 5) is 0. The molecule has 0 aliphatic carbocycles. The molecule has 0 rings (SSSR count). The molecule has 0 aromatic heterocycles. The highest BCUT2D eigenvalue weighted by Gasteiger charge is 0.945. The van der Waals surface area contributed by atoms with Crippen LogP contribution in [0, 0.1) is 0 Å². The maximum atomic E-state index is 4.08. The predicted molar refractivity (Wildman–Crippen MR) is 126 cm³/mol. The highest BCUT2D eigenvalue weighted by molar-refractivity contribution is 7.99. The van der Waals surface area contributed by atoms with Crippen LogP contribution >= 0.6 is 73.3 Å². The van der Waals surface area contributed by atoms with E-state index in [1.165, 1.54) is 28.2 Å². The SMILES string of the molecule is S=C[S-].S=C[S-].S=C[S-].S=C[S-].S=C[S-].S=C[S-]. The van der Waals surface area contributed by atoms with Crippen LogP contribution in [0.15, 0.2) is 0 Å². The Morgan fingerprint density at radius 3 is 0.333 bits per heavy atom. The van der Waals surface area contributed by atoms with Gasteiger partial charge in [-0.3, -0.25) is 0 Å². The zero-order valence-electron chi connectivity index (χ0n) is 8.36. The second kappa shape index (κ2) is 97.4. The van der Waals surface area contributed by atoms with Gasteiger partial charge in [0, 0.05) is 0 Å². The van der Waals surface area contributed by atoms with E-state index < -0.39 is 0 Å². The zero-order chi connectivity index (χ0) is 16.2. The van der Waals surface area contributed by atoms with Crippen LogP contribution in [0.5, 0.6) is 0 Å². The average molecular weight is 463 g/mol. The number of thiocarbonyl (C=S) groups is 6. The Bertz CT molecular complexity index is 108. The smallest absolute Gasteiger partial charge is 0.167 e. The molecule has 0 saturated heterocycles. The molecule has 0 atom stereocenters. The molecule has 0 saturated carbocycles. The molecule has 0 bridgehead atoms.